The third-order valence-electron chi connectivity index (χ3n) is 12.5. The van der Waals surface area contributed by atoms with Gasteiger partial charge in [-0.05, 0) is 55.5 Å². The van der Waals surface area contributed by atoms with Crippen molar-refractivity contribution < 1.29 is 45.7 Å². The topological polar surface area (TPSA) is 219 Å². The average Bonchev–Trinajstić information content (AvgIpc) is 4.15. The summed E-state index contributed by atoms with van der Waals surface area (Å²) in [4.78, 5) is 68.5. The van der Waals surface area contributed by atoms with Crippen LogP contribution in [0.25, 0.3) is 0 Å². The van der Waals surface area contributed by atoms with Crippen molar-refractivity contribution in [2.24, 2.45) is 0 Å². The van der Waals surface area contributed by atoms with E-state index in [2.05, 4.69) is 23.3 Å². The number of nitro benzene ring substituents is 1. The zero-order valence-corrected chi connectivity index (χ0v) is 44.4. The Hall–Kier alpha value is -4.08. The van der Waals surface area contributed by atoms with Crippen molar-refractivity contribution in [3.63, 3.8) is 0 Å². The largest absolute Gasteiger partial charge is 0.405 e. The number of non-ortho nitro benzene ring substituents is 1. The monoisotopic (exact) mass is 1050 g/mol. The van der Waals surface area contributed by atoms with Crippen LogP contribution in [0, 0.1) is 10.1 Å². The molecule has 0 saturated heterocycles. The van der Waals surface area contributed by atoms with Gasteiger partial charge in [-0.15, -0.1) is 22.7 Å². The summed E-state index contributed by atoms with van der Waals surface area (Å²) in [5.74, 6) is -5.78. The fraction of sp³-hybridized carbons (Fsp3) is 0.640. The third-order valence-corrected chi connectivity index (χ3v) is 18.5. The highest BCUT2D eigenvalue weighted by molar-refractivity contribution is 7.92. The Morgan fingerprint density at radius 1 is 0.614 bits per heavy atom. The van der Waals surface area contributed by atoms with Crippen molar-refractivity contribution in [3.05, 3.63) is 74.0 Å². The van der Waals surface area contributed by atoms with Crippen LogP contribution in [-0.2, 0) is 63.6 Å². The maximum absolute atomic E-state index is 13.8. The Labute approximate surface area is 424 Å². The number of sulfonamides is 2. The van der Waals surface area contributed by atoms with Gasteiger partial charge in [0.05, 0.1) is 18.0 Å². The van der Waals surface area contributed by atoms with E-state index in [1.807, 2.05) is 0 Å². The number of hydrogen-bond donors (Lipinski definition) is 2. The van der Waals surface area contributed by atoms with Crippen LogP contribution in [0.4, 0.5) is 5.69 Å². The van der Waals surface area contributed by atoms with E-state index in [0.29, 0.717) is 42.0 Å². The highest BCUT2D eigenvalue weighted by atomic mass is 32.3. The van der Waals surface area contributed by atoms with E-state index >= 15 is 0 Å². The molecule has 0 bridgehead atoms. The molecule has 0 atom stereocenters. The number of hydrogen-bond acceptors (Lipinski definition) is 13. The molecule has 70 heavy (non-hydrogen) atoms. The maximum atomic E-state index is 13.8. The minimum atomic E-state index is -3.90. The molecule has 16 nitrogen and oxygen atoms in total. The van der Waals surface area contributed by atoms with Crippen molar-refractivity contribution in [2.75, 3.05) is 13.1 Å². The number of esters is 2. The third kappa shape index (κ3) is 20.6. The molecule has 1 saturated carbocycles. The number of unbranched alkanes of at least 4 members (excludes halogenated alkanes) is 18. The van der Waals surface area contributed by atoms with Crippen LogP contribution < -0.4 is 9.44 Å². The highest BCUT2D eigenvalue weighted by Gasteiger charge is 2.36. The van der Waals surface area contributed by atoms with Gasteiger partial charge in [-0.25, -0.2) is 35.9 Å². The summed E-state index contributed by atoms with van der Waals surface area (Å²) in [6.45, 7) is 4.13. The minimum absolute atomic E-state index is 0.0104. The van der Waals surface area contributed by atoms with E-state index in [9.17, 15) is 46.1 Å². The van der Waals surface area contributed by atoms with E-state index in [1.165, 1.54) is 124 Å². The average molecular weight is 1050 g/mol. The molecule has 4 rings (SSSR count). The lowest BCUT2D eigenvalue weighted by Crippen LogP contribution is -2.45. The van der Waals surface area contributed by atoms with Crippen molar-refractivity contribution in [3.8, 4) is 0 Å². The van der Waals surface area contributed by atoms with Crippen molar-refractivity contribution in [2.45, 2.75) is 202 Å². The first-order chi connectivity index (χ1) is 33.6. The second kappa shape index (κ2) is 31.4. The quantitative estimate of drug-likeness (QED) is 0.0143. The van der Waals surface area contributed by atoms with E-state index < -0.39 is 54.8 Å². The van der Waals surface area contributed by atoms with Crippen molar-refractivity contribution >= 4 is 72.2 Å². The smallest absolute Gasteiger partial charge is 0.378 e. The van der Waals surface area contributed by atoms with Crippen LogP contribution >= 0.6 is 22.7 Å². The van der Waals surface area contributed by atoms with Gasteiger partial charge in [-0.3, -0.25) is 19.7 Å². The second-order valence-electron chi connectivity index (χ2n) is 18.2. The highest BCUT2D eigenvalue weighted by Crippen LogP contribution is 2.30. The number of rotatable bonds is 34. The molecule has 2 N–H and O–H groups in total. The first kappa shape index (κ1) is 58.5. The molecule has 1 aliphatic carbocycles. The first-order valence-corrected chi connectivity index (χ1v) is 30.0. The molecule has 0 radical (unpaired) electrons. The SMILES string of the molecule is CCCCCCCCCCCCNS(=O)(=O)c1ccc(CN(Cc2cccc([N+](=O)[O-])c2)C(=O)C(=O)OC(=O)C(=O)N(Cc2ccc(S(=O)(=O)NCCCCCCCCCCCC)s2)C2CCCC2)s1. The first-order valence-electron chi connectivity index (χ1n) is 25.4. The predicted octanol–water partition coefficient (Wildman–Crippen LogP) is 10.7. The Bertz CT molecular complexity index is 2330. The molecule has 1 fully saturated rings. The molecule has 0 aliphatic heterocycles. The normalized spacial score (nSPS) is 13.1. The molecule has 20 heteroatoms. The van der Waals surface area contributed by atoms with Gasteiger partial charge < -0.3 is 14.5 Å². The Kier molecular flexibility index (Phi) is 26.2. The van der Waals surface area contributed by atoms with Gasteiger partial charge in [0.2, 0.25) is 20.0 Å². The van der Waals surface area contributed by atoms with Crippen LogP contribution in [0.2, 0.25) is 0 Å². The molecule has 2 heterocycles. The summed E-state index contributed by atoms with van der Waals surface area (Å²) in [5, 5.41) is 11.6. The summed E-state index contributed by atoms with van der Waals surface area (Å²) in [7, 11) is -7.72. The lowest BCUT2D eigenvalue weighted by Gasteiger charge is -2.27. The van der Waals surface area contributed by atoms with Gasteiger partial charge >= 0.3 is 23.8 Å². The number of ether oxygens (including phenoxy) is 1. The second-order valence-corrected chi connectivity index (χ2v) is 24.6. The van der Waals surface area contributed by atoms with Crippen LogP contribution in [0.1, 0.15) is 183 Å². The summed E-state index contributed by atoms with van der Waals surface area (Å²) in [6.07, 6.45) is 25.0. The standard InChI is InChI=1S/C50H75N5O11S4/c1-3-5-7-9-11-13-15-17-19-23-34-51-69(62,63)45-32-30-43(67-45)38-53(37-40-26-25-29-42(36-40)55(60)61)47(56)49(58)66-50(59)48(57)54(41-27-21-22-28-41)39-44-31-33-46(68-44)70(64,65)52-35-24-20-18-16-14-12-10-8-6-4-2/h25-26,29-33,36,41,51-52H,3-24,27-28,34-35,37-39H2,1-2H3. The molecule has 3 aromatic rings. The fourth-order valence-electron chi connectivity index (χ4n) is 8.50. The number of nitrogens with one attached hydrogen (secondary N) is 2. The lowest BCUT2D eigenvalue weighted by atomic mass is 10.1. The van der Waals surface area contributed by atoms with Crippen LogP contribution in [0.3, 0.4) is 0 Å². The molecule has 1 aromatic carbocycles. The maximum Gasteiger partial charge on any atom is 0.405 e. The fourth-order valence-corrected chi connectivity index (χ4v) is 13.5. The molecule has 0 spiro atoms. The summed E-state index contributed by atoms with van der Waals surface area (Å²) in [5.41, 5.74) is -0.00614. The number of carbonyl (C=O) groups is 4. The van der Waals surface area contributed by atoms with E-state index in [1.54, 1.807) is 6.07 Å². The zero-order valence-electron chi connectivity index (χ0n) is 41.2. The number of amides is 2. The molecular formula is C50H75N5O11S4. The van der Waals surface area contributed by atoms with Gasteiger partial charge in [-0.2, -0.15) is 0 Å². The summed E-state index contributed by atoms with van der Waals surface area (Å²) >= 11 is 1.85. The number of benzene rings is 1. The van der Waals surface area contributed by atoms with Gasteiger partial charge in [-0.1, -0.05) is 154 Å². The van der Waals surface area contributed by atoms with Gasteiger partial charge in [0, 0.05) is 47.6 Å². The lowest BCUT2D eigenvalue weighted by molar-refractivity contribution is -0.384. The summed E-state index contributed by atoms with van der Waals surface area (Å²) < 4.78 is 63.0. The van der Waals surface area contributed by atoms with E-state index in [0.717, 1.165) is 78.9 Å². The molecule has 390 valence electrons. The molecular weight excluding hydrogens is 975 g/mol. The Morgan fingerprint density at radius 2 is 1.06 bits per heavy atom. The van der Waals surface area contributed by atoms with Gasteiger partial charge in [0.15, 0.2) is 0 Å². The number of carbonyl (C=O) groups excluding carboxylic acids is 4. The number of nitrogens with zero attached hydrogens (tertiary/aromatic N) is 3. The molecule has 2 amide bonds. The minimum Gasteiger partial charge on any atom is -0.378 e. The van der Waals surface area contributed by atoms with Crippen LogP contribution in [-0.4, -0.2) is 74.4 Å². The summed E-state index contributed by atoms with van der Waals surface area (Å²) in [6, 6.07) is 10.9. The van der Waals surface area contributed by atoms with E-state index in [4.69, 9.17) is 4.74 Å². The predicted molar refractivity (Wildman–Crippen MR) is 274 cm³/mol. The Morgan fingerprint density at radius 3 is 1.53 bits per heavy atom. The van der Waals surface area contributed by atoms with Crippen LogP contribution in [0.15, 0.2) is 56.9 Å². The molecule has 2 aromatic heterocycles. The molecule has 0 unspecified atom stereocenters. The van der Waals surface area contributed by atoms with Crippen LogP contribution in [0.5, 0.6) is 0 Å². The van der Waals surface area contributed by atoms with Crippen molar-refractivity contribution in [1.82, 2.24) is 19.2 Å². The van der Waals surface area contributed by atoms with Gasteiger partial charge in [0.25, 0.3) is 5.69 Å². The van der Waals surface area contributed by atoms with Crippen molar-refractivity contribution in [1.29, 1.82) is 0 Å². The number of thiophene rings is 2. The molecule has 1 aliphatic rings. The van der Waals surface area contributed by atoms with Gasteiger partial charge in [0.1, 0.15) is 8.42 Å². The number of nitro groups is 1. The zero-order chi connectivity index (χ0) is 50.8. The van der Waals surface area contributed by atoms with E-state index in [-0.39, 0.29) is 45.8 Å². The Balaban J connectivity index is 1.36.